The summed E-state index contributed by atoms with van der Waals surface area (Å²) in [6.45, 7) is 0.257. The van der Waals surface area contributed by atoms with Crippen LogP contribution in [0.2, 0.25) is 0 Å². The highest BCUT2D eigenvalue weighted by molar-refractivity contribution is 7.91. The maximum absolute atomic E-state index is 13.2. The minimum atomic E-state index is -3.74. The zero-order chi connectivity index (χ0) is 23.4. The fourth-order valence-corrected chi connectivity index (χ4v) is 5.52. The van der Waals surface area contributed by atoms with Crippen LogP contribution in [0.3, 0.4) is 0 Å². The molecule has 0 N–H and O–H groups in total. The maximum atomic E-state index is 13.2. The molecule has 1 amide bonds. The van der Waals surface area contributed by atoms with E-state index in [4.69, 9.17) is 4.74 Å². The van der Waals surface area contributed by atoms with Crippen LogP contribution in [-0.4, -0.2) is 32.2 Å². The van der Waals surface area contributed by atoms with Crippen LogP contribution in [0, 0.1) is 5.82 Å². The number of hydrogen-bond acceptors (Lipinski definition) is 6. The lowest BCUT2D eigenvalue weighted by Gasteiger charge is -2.20. The van der Waals surface area contributed by atoms with Gasteiger partial charge in [-0.25, -0.2) is 17.8 Å². The number of thiazole rings is 1. The van der Waals surface area contributed by atoms with Gasteiger partial charge in [-0.05, 0) is 48.0 Å². The second kappa shape index (κ2) is 9.68. The number of sulfone groups is 1. The lowest BCUT2D eigenvalue weighted by molar-refractivity contribution is -0.118. The van der Waals surface area contributed by atoms with E-state index in [2.05, 4.69) is 4.98 Å². The Labute approximate surface area is 195 Å². The van der Waals surface area contributed by atoms with Crippen LogP contribution >= 0.6 is 11.3 Å². The number of benzene rings is 3. The molecule has 0 fully saturated rings. The van der Waals surface area contributed by atoms with Crippen molar-refractivity contribution in [2.75, 3.05) is 17.8 Å². The number of rotatable bonds is 8. The molecular formula is C24H21FN2O4S2. The van der Waals surface area contributed by atoms with Gasteiger partial charge in [0.15, 0.2) is 15.0 Å². The van der Waals surface area contributed by atoms with Crippen molar-refractivity contribution < 1.29 is 22.3 Å². The molecule has 0 aliphatic rings. The molecule has 1 heterocycles. The molecule has 0 spiro atoms. The third kappa shape index (κ3) is 5.37. The topological polar surface area (TPSA) is 76.6 Å². The molecule has 4 rings (SSSR count). The van der Waals surface area contributed by atoms with Gasteiger partial charge in [0.05, 0.1) is 34.5 Å². The first-order valence-electron chi connectivity index (χ1n) is 10.1. The van der Waals surface area contributed by atoms with E-state index < -0.39 is 15.7 Å². The normalized spacial score (nSPS) is 11.5. The predicted molar refractivity (Wildman–Crippen MR) is 127 cm³/mol. The summed E-state index contributed by atoms with van der Waals surface area (Å²) in [6, 6.07) is 19.5. The first kappa shape index (κ1) is 22.9. The van der Waals surface area contributed by atoms with Crippen LogP contribution < -0.4 is 9.64 Å². The van der Waals surface area contributed by atoms with Crippen molar-refractivity contribution in [2.45, 2.75) is 17.9 Å². The molecule has 170 valence electrons. The van der Waals surface area contributed by atoms with Gasteiger partial charge in [-0.15, -0.1) is 0 Å². The fourth-order valence-electron chi connectivity index (χ4n) is 3.28. The molecule has 0 unspecified atom stereocenters. The minimum Gasteiger partial charge on any atom is -0.497 e. The molecule has 9 heteroatoms. The lowest BCUT2D eigenvalue weighted by Crippen LogP contribution is -2.31. The Balaban J connectivity index is 1.60. The quantitative estimate of drug-likeness (QED) is 0.335. The molecule has 4 aromatic rings. The average Bonchev–Trinajstić information content (AvgIpc) is 3.25. The average molecular weight is 485 g/mol. The van der Waals surface area contributed by atoms with Crippen molar-refractivity contribution >= 4 is 42.4 Å². The highest BCUT2D eigenvalue weighted by atomic mass is 32.2. The van der Waals surface area contributed by atoms with E-state index in [0.29, 0.717) is 10.9 Å². The number of aromatic nitrogens is 1. The molecule has 0 aliphatic carbocycles. The number of anilines is 1. The van der Waals surface area contributed by atoms with Crippen LogP contribution in [-0.2, 0) is 21.2 Å². The fraction of sp³-hybridized carbons (Fsp3) is 0.167. The summed E-state index contributed by atoms with van der Waals surface area (Å²) >= 11 is 1.34. The predicted octanol–water partition coefficient (Wildman–Crippen LogP) is 4.84. The van der Waals surface area contributed by atoms with E-state index in [9.17, 15) is 17.6 Å². The van der Waals surface area contributed by atoms with Gasteiger partial charge >= 0.3 is 0 Å². The van der Waals surface area contributed by atoms with Gasteiger partial charge in [-0.3, -0.25) is 9.69 Å². The molecule has 0 bridgehead atoms. The van der Waals surface area contributed by atoms with Gasteiger partial charge in [0.2, 0.25) is 5.91 Å². The Bertz CT molecular complexity index is 1370. The summed E-state index contributed by atoms with van der Waals surface area (Å²) < 4.78 is 44.6. The zero-order valence-corrected chi connectivity index (χ0v) is 19.4. The summed E-state index contributed by atoms with van der Waals surface area (Å²) in [7, 11) is -2.16. The number of nitrogens with zero attached hydrogens (tertiary/aromatic N) is 2. The Morgan fingerprint density at radius 2 is 1.79 bits per heavy atom. The largest absolute Gasteiger partial charge is 0.497 e. The van der Waals surface area contributed by atoms with Crippen molar-refractivity contribution in [1.29, 1.82) is 0 Å². The standard InChI is InChI=1S/C24H21FN2O4S2/c1-31-19-9-12-21-22(15-19)32-24(26-21)27(16-17-5-3-2-4-6-17)23(28)13-14-33(29,30)20-10-7-18(25)8-11-20/h2-12,15H,13-14,16H2,1H3. The first-order chi connectivity index (χ1) is 15.9. The smallest absolute Gasteiger partial charge is 0.230 e. The Morgan fingerprint density at radius 3 is 2.48 bits per heavy atom. The van der Waals surface area contributed by atoms with Crippen molar-refractivity contribution in [3.63, 3.8) is 0 Å². The minimum absolute atomic E-state index is 0.0154. The molecule has 0 atom stereocenters. The number of carbonyl (C=O) groups is 1. The van der Waals surface area contributed by atoms with Crippen molar-refractivity contribution in [3.05, 3.63) is 84.2 Å². The van der Waals surface area contributed by atoms with Crippen LogP contribution in [0.15, 0.2) is 77.7 Å². The van der Waals surface area contributed by atoms with Gasteiger partial charge in [0.25, 0.3) is 0 Å². The second-order valence-electron chi connectivity index (χ2n) is 7.32. The van der Waals surface area contributed by atoms with E-state index in [1.54, 1.807) is 13.2 Å². The number of halogens is 1. The van der Waals surface area contributed by atoms with E-state index >= 15 is 0 Å². The maximum Gasteiger partial charge on any atom is 0.230 e. The second-order valence-corrected chi connectivity index (χ2v) is 10.4. The van der Waals surface area contributed by atoms with Crippen molar-refractivity contribution in [3.8, 4) is 5.75 Å². The first-order valence-corrected chi connectivity index (χ1v) is 12.6. The van der Waals surface area contributed by atoms with Crippen LogP contribution in [0.1, 0.15) is 12.0 Å². The molecule has 0 radical (unpaired) electrons. The van der Waals surface area contributed by atoms with Crippen molar-refractivity contribution in [2.24, 2.45) is 0 Å². The monoisotopic (exact) mass is 484 g/mol. The highest BCUT2D eigenvalue weighted by Crippen LogP contribution is 2.32. The molecule has 0 saturated carbocycles. The summed E-state index contributed by atoms with van der Waals surface area (Å²) in [5.41, 5.74) is 1.62. The molecular weight excluding hydrogens is 463 g/mol. The van der Waals surface area contributed by atoms with Crippen LogP contribution in [0.4, 0.5) is 9.52 Å². The molecule has 6 nitrogen and oxygen atoms in total. The molecule has 0 saturated heterocycles. The van der Waals surface area contributed by atoms with Crippen LogP contribution in [0.5, 0.6) is 5.75 Å². The van der Waals surface area contributed by atoms with Gasteiger partial charge in [0, 0.05) is 6.42 Å². The molecule has 3 aromatic carbocycles. The zero-order valence-electron chi connectivity index (χ0n) is 17.8. The summed E-state index contributed by atoms with van der Waals surface area (Å²) in [5.74, 6) is -0.590. The Kier molecular flexibility index (Phi) is 6.71. The Morgan fingerprint density at radius 1 is 1.06 bits per heavy atom. The van der Waals surface area contributed by atoms with Gasteiger partial charge in [-0.1, -0.05) is 41.7 Å². The Hall–Kier alpha value is -3.30. The summed E-state index contributed by atoms with van der Waals surface area (Å²) in [4.78, 5) is 19.3. The summed E-state index contributed by atoms with van der Waals surface area (Å²) in [5, 5.41) is 0.478. The van der Waals surface area contributed by atoms with E-state index in [0.717, 1.165) is 27.9 Å². The number of hydrogen-bond donors (Lipinski definition) is 0. The van der Waals surface area contributed by atoms with Gasteiger partial charge in [0.1, 0.15) is 11.6 Å². The molecule has 33 heavy (non-hydrogen) atoms. The third-order valence-corrected chi connectivity index (χ3v) is 7.83. The van der Waals surface area contributed by atoms with Crippen molar-refractivity contribution in [1.82, 2.24) is 4.98 Å². The lowest BCUT2D eigenvalue weighted by atomic mass is 10.2. The number of carbonyl (C=O) groups excluding carboxylic acids is 1. The van der Waals surface area contributed by atoms with Crippen LogP contribution in [0.25, 0.3) is 10.2 Å². The van der Waals surface area contributed by atoms with E-state index in [1.165, 1.54) is 28.4 Å². The SMILES string of the molecule is COc1ccc2nc(N(Cc3ccccc3)C(=O)CCS(=O)(=O)c3ccc(F)cc3)sc2c1. The van der Waals surface area contributed by atoms with Gasteiger partial charge < -0.3 is 4.74 Å². The van der Waals surface area contributed by atoms with Gasteiger partial charge in [-0.2, -0.15) is 0 Å². The number of methoxy groups -OCH3 is 1. The molecule has 1 aromatic heterocycles. The molecule has 0 aliphatic heterocycles. The number of ether oxygens (including phenoxy) is 1. The van der Waals surface area contributed by atoms with E-state index in [-0.39, 0.29) is 29.5 Å². The van der Waals surface area contributed by atoms with E-state index in [1.807, 2.05) is 42.5 Å². The summed E-state index contributed by atoms with van der Waals surface area (Å²) in [6.07, 6.45) is -0.230. The number of amides is 1. The highest BCUT2D eigenvalue weighted by Gasteiger charge is 2.23. The number of fused-ring (bicyclic) bond motifs is 1. The third-order valence-electron chi connectivity index (χ3n) is 5.06.